The zero-order chi connectivity index (χ0) is 20.4. The summed E-state index contributed by atoms with van der Waals surface area (Å²) in [5.74, 6) is -0.978. The average molecular weight is 414 g/mol. The molecular formula is C18H17F3N2O4S. The van der Waals surface area contributed by atoms with Crippen molar-refractivity contribution in [3.8, 4) is 0 Å². The Morgan fingerprint density at radius 1 is 1.04 bits per heavy atom. The molecule has 1 aliphatic rings. The van der Waals surface area contributed by atoms with Crippen LogP contribution in [0, 0.1) is 0 Å². The van der Waals surface area contributed by atoms with Crippen LogP contribution in [0.5, 0.6) is 0 Å². The predicted molar refractivity (Wildman–Crippen MR) is 95.4 cm³/mol. The number of nitrogens with zero attached hydrogens (tertiary/aromatic N) is 1. The Morgan fingerprint density at radius 3 is 2.39 bits per heavy atom. The van der Waals surface area contributed by atoms with Gasteiger partial charge in [0.2, 0.25) is 10.0 Å². The van der Waals surface area contributed by atoms with Crippen LogP contribution >= 0.6 is 0 Å². The van der Waals surface area contributed by atoms with Crippen molar-refractivity contribution in [2.24, 2.45) is 0 Å². The number of amides is 1. The van der Waals surface area contributed by atoms with Gasteiger partial charge in [-0.15, -0.1) is 0 Å². The molecule has 6 nitrogen and oxygen atoms in total. The summed E-state index contributed by atoms with van der Waals surface area (Å²) in [6, 6.07) is 9.80. The quantitative estimate of drug-likeness (QED) is 0.835. The Bertz CT molecular complexity index is 971. The van der Waals surface area contributed by atoms with Gasteiger partial charge in [0, 0.05) is 18.8 Å². The number of benzene rings is 2. The van der Waals surface area contributed by atoms with E-state index in [9.17, 15) is 26.4 Å². The van der Waals surface area contributed by atoms with Crippen molar-refractivity contribution in [1.29, 1.82) is 0 Å². The molecule has 28 heavy (non-hydrogen) atoms. The number of ether oxygens (including phenoxy) is 1. The maximum Gasteiger partial charge on any atom is 0.417 e. The van der Waals surface area contributed by atoms with E-state index in [4.69, 9.17) is 4.74 Å². The lowest BCUT2D eigenvalue weighted by molar-refractivity contribution is -0.137. The molecular weight excluding hydrogens is 397 g/mol. The lowest BCUT2D eigenvalue weighted by Gasteiger charge is -2.26. The summed E-state index contributed by atoms with van der Waals surface area (Å²) in [7, 11) is -3.79. The maximum atomic E-state index is 13.1. The molecule has 150 valence electrons. The normalized spacial score (nSPS) is 16.0. The number of carbonyl (C=O) groups excluding carboxylic acids is 1. The van der Waals surface area contributed by atoms with Crippen LogP contribution < -0.4 is 5.32 Å². The van der Waals surface area contributed by atoms with Gasteiger partial charge in [-0.3, -0.25) is 4.79 Å². The van der Waals surface area contributed by atoms with Crippen molar-refractivity contribution in [2.45, 2.75) is 11.1 Å². The summed E-state index contributed by atoms with van der Waals surface area (Å²) in [5.41, 5.74) is -1.53. The second-order valence-corrected chi connectivity index (χ2v) is 7.98. The standard InChI is InChI=1S/C18H17F3N2O4S/c19-18(20,21)16-7-2-1-6-15(16)17(24)22-13-4-3-5-14(12-13)28(25,26)23-8-10-27-11-9-23/h1-7,12H,8-11H2,(H,22,24). The van der Waals surface area contributed by atoms with Gasteiger partial charge >= 0.3 is 6.18 Å². The summed E-state index contributed by atoms with van der Waals surface area (Å²) in [5, 5.41) is 2.34. The molecule has 1 saturated heterocycles. The highest BCUT2D eigenvalue weighted by atomic mass is 32.2. The molecule has 1 aliphatic heterocycles. The molecule has 0 saturated carbocycles. The summed E-state index contributed by atoms with van der Waals surface area (Å²) in [4.78, 5) is 12.3. The molecule has 0 aliphatic carbocycles. The van der Waals surface area contributed by atoms with Gasteiger partial charge in [0.05, 0.1) is 29.2 Å². The average Bonchev–Trinajstić information content (AvgIpc) is 2.68. The van der Waals surface area contributed by atoms with E-state index in [0.29, 0.717) is 0 Å². The third-order valence-electron chi connectivity index (χ3n) is 4.18. The van der Waals surface area contributed by atoms with Gasteiger partial charge in [0.1, 0.15) is 0 Å². The van der Waals surface area contributed by atoms with Crippen molar-refractivity contribution in [2.75, 3.05) is 31.6 Å². The number of anilines is 1. The Morgan fingerprint density at radius 2 is 1.71 bits per heavy atom. The summed E-state index contributed by atoms with van der Waals surface area (Å²) < 4.78 is 71.1. The van der Waals surface area contributed by atoms with Gasteiger partial charge in [-0.2, -0.15) is 17.5 Å². The Labute approximate surface area is 160 Å². The third kappa shape index (κ3) is 4.34. The van der Waals surface area contributed by atoms with Gasteiger partial charge < -0.3 is 10.1 Å². The van der Waals surface area contributed by atoms with Crippen LogP contribution in [0.2, 0.25) is 0 Å². The highest BCUT2D eigenvalue weighted by Gasteiger charge is 2.35. The van der Waals surface area contributed by atoms with E-state index < -0.39 is 33.2 Å². The molecule has 10 heteroatoms. The number of rotatable bonds is 4. The number of alkyl halides is 3. The molecule has 0 aromatic heterocycles. The number of sulfonamides is 1. The molecule has 0 spiro atoms. The third-order valence-corrected chi connectivity index (χ3v) is 6.07. The van der Waals surface area contributed by atoms with Crippen molar-refractivity contribution < 1.29 is 31.1 Å². The smallest absolute Gasteiger partial charge is 0.379 e. The minimum Gasteiger partial charge on any atom is -0.379 e. The Hall–Kier alpha value is -2.43. The number of nitrogens with one attached hydrogen (secondary N) is 1. The molecule has 1 fully saturated rings. The summed E-state index contributed by atoms with van der Waals surface area (Å²) in [6.45, 7) is 0.976. The molecule has 0 bridgehead atoms. The van der Waals surface area contributed by atoms with Crippen molar-refractivity contribution in [3.63, 3.8) is 0 Å². The van der Waals surface area contributed by atoms with Gasteiger partial charge in [0.25, 0.3) is 5.91 Å². The largest absolute Gasteiger partial charge is 0.417 e. The number of morpholine rings is 1. The molecule has 3 rings (SSSR count). The monoisotopic (exact) mass is 414 g/mol. The molecule has 1 N–H and O–H groups in total. The van der Waals surface area contributed by atoms with Gasteiger partial charge in [-0.05, 0) is 30.3 Å². The van der Waals surface area contributed by atoms with Crippen LogP contribution in [0.4, 0.5) is 18.9 Å². The molecule has 0 atom stereocenters. The van der Waals surface area contributed by atoms with E-state index in [1.54, 1.807) is 0 Å². The molecule has 1 amide bonds. The molecule has 1 heterocycles. The van der Waals surface area contributed by atoms with Gasteiger partial charge in [0.15, 0.2) is 0 Å². The van der Waals surface area contributed by atoms with Gasteiger partial charge in [-0.1, -0.05) is 18.2 Å². The number of halogens is 3. The van der Waals surface area contributed by atoms with Crippen LogP contribution in [-0.4, -0.2) is 44.9 Å². The van der Waals surface area contributed by atoms with E-state index in [0.717, 1.165) is 12.1 Å². The minimum absolute atomic E-state index is 0.0590. The zero-order valence-electron chi connectivity index (χ0n) is 14.6. The van der Waals surface area contributed by atoms with Crippen LogP contribution in [0.1, 0.15) is 15.9 Å². The first-order valence-electron chi connectivity index (χ1n) is 8.35. The fraction of sp³-hybridized carbons (Fsp3) is 0.278. The lowest BCUT2D eigenvalue weighted by atomic mass is 10.1. The lowest BCUT2D eigenvalue weighted by Crippen LogP contribution is -2.40. The summed E-state index contributed by atoms with van der Waals surface area (Å²) >= 11 is 0. The van der Waals surface area contributed by atoms with E-state index in [-0.39, 0.29) is 36.9 Å². The van der Waals surface area contributed by atoms with E-state index in [2.05, 4.69) is 5.32 Å². The fourth-order valence-corrected chi connectivity index (χ4v) is 4.25. The fourth-order valence-electron chi connectivity index (χ4n) is 2.80. The number of hydrogen-bond donors (Lipinski definition) is 1. The SMILES string of the molecule is O=C(Nc1cccc(S(=O)(=O)N2CCOCC2)c1)c1ccccc1C(F)(F)F. The second-order valence-electron chi connectivity index (χ2n) is 6.04. The number of carbonyl (C=O) groups is 1. The van der Waals surface area contributed by atoms with Crippen LogP contribution in [-0.2, 0) is 20.9 Å². The highest BCUT2D eigenvalue weighted by molar-refractivity contribution is 7.89. The molecule has 2 aromatic carbocycles. The maximum absolute atomic E-state index is 13.1. The van der Waals surface area contributed by atoms with E-state index in [1.807, 2.05) is 0 Å². The van der Waals surface area contributed by atoms with Crippen LogP contribution in [0.25, 0.3) is 0 Å². The first-order chi connectivity index (χ1) is 13.2. The van der Waals surface area contributed by atoms with Crippen LogP contribution in [0.3, 0.4) is 0 Å². The van der Waals surface area contributed by atoms with Crippen molar-refractivity contribution >= 4 is 21.6 Å². The first-order valence-corrected chi connectivity index (χ1v) is 9.79. The van der Waals surface area contributed by atoms with Crippen LogP contribution in [0.15, 0.2) is 53.4 Å². The van der Waals surface area contributed by atoms with Gasteiger partial charge in [-0.25, -0.2) is 8.42 Å². The second kappa shape index (κ2) is 7.90. The van der Waals surface area contributed by atoms with Crippen molar-refractivity contribution in [1.82, 2.24) is 4.31 Å². The zero-order valence-corrected chi connectivity index (χ0v) is 15.4. The van der Waals surface area contributed by atoms with E-state index in [1.165, 1.54) is 40.7 Å². The highest BCUT2D eigenvalue weighted by Crippen LogP contribution is 2.32. The minimum atomic E-state index is -4.69. The Balaban J connectivity index is 1.85. The molecule has 2 aromatic rings. The Kier molecular flexibility index (Phi) is 5.73. The first kappa shape index (κ1) is 20.3. The molecule has 0 radical (unpaired) electrons. The topological polar surface area (TPSA) is 75.7 Å². The van der Waals surface area contributed by atoms with Crippen molar-refractivity contribution in [3.05, 3.63) is 59.7 Å². The summed E-state index contributed by atoms with van der Waals surface area (Å²) in [6.07, 6.45) is -4.69. The predicted octanol–water partition coefficient (Wildman–Crippen LogP) is 2.98. The van der Waals surface area contributed by atoms with E-state index >= 15 is 0 Å². The molecule has 0 unspecified atom stereocenters. The number of hydrogen-bond acceptors (Lipinski definition) is 4.